The van der Waals surface area contributed by atoms with Gasteiger partial charge in [-0.1, -0.05) is 19.8 Å². The molecule has 1 aliphatic heterocycles. The van der Waals surface area contributed by atoms with Crippen molar-refractivity contribution in [3.8, 4) is 5.69 Å². The maximum absolute atomic E-state index is 13.1. The van der Waals surface area contributed by atoms with E-state index in [2.05, 4.69) is 27.8 Å². The molecule has 9 nitrogen and oxygen atoms in total. The second kappa shape index (κ2) is 8.81. The monoisotopic (exact) mass is 432 g/mol. The van der Waals surface area contributed by atoms with Crippen molar-refractivity contribution in [1.82, 2.24) is 29.8 Å². The van der Waals surface area contributed by atoms with Crippen molar-refractivity contribution in [3.05, 3.63) is 30.6 Å². The fourth-order valence-electron chi connectivity index (χ4n) is 4.41. The lowest BCUT2D eigenvalue weighted by molar-refractivity contribution is -0.127. The number of nitrogens with one attached hydrogen (secondary N) is 1. The van der Waals surface area contributed by atoms with E-state index in [-0.39, 0.29) is 29.3 Å². The van der Waals surface area contributed by atoms with Gasteiger partial charge in [0.1, 0.15) is 6.33 Å². The summed E-state index contributed by atoms with van der Waals surface area (Å²) in [6.45, 7) is 2.84. The van der Waals surface area contributed by atoms with Crippen LogP contribution in [0.3, 0.4) is 0 Å². The lowest BCUT2D eigenvalue weighted by Gasteiger charge is -2.34. The molecule has 1 aromatic carbocycles. The van der Waals surface area contributed by atoms with E-state index in [1.165, 1.54) is 21.7 Å². The minimum atomic E-state index is -3.67. The molecule has 0 bridgehead atoms. The number of piperidine rings is 1. The normalized spacial score (nSPS) is 25.7. The van der Waals surface area contributed by atoms with Crippen LogP contribution in [-0.2, 0) is 14.8 Å². The van der Waals surface area contributed by atoms with Gasteiger partial charge < -0.3 is 5.32 Å². The number of tetrazole rings is 1. The summed E-state index contributed by atoms with van der Waals surface area (Å²) in [5, 5.41) is 14.2. The fraction of sp³-hybridized carbons (Fsp3) is 0.600. The Labute approximate surface area is 176 Å². The minimum Gasteiger partial charge on any atom is -0.353 e. The third kappa shape index (κ3) is 4.39. The summed E-state index contributed by atoms with van der Waals surface area (Å²) in [7, 11) is -3.67. The van der Waals surface area contributed by atoms with E-state index in [1.807, 2.05) is 0 Å². The standard InChI is InChI=1S/C20H28N6O3S/c1-15-5-2-3-7-19(15)22-20(27)16-6-4-12-25(13-16)30(28,29)18-10-8-17(9-11-18)26-14-21-23-24-26/h8-11,14-16,19H,2-7,12-13H2,1H3,(H,22,27)/t15-,16+,19-/m1/s1. The average molecular weight is 433 g/mol. The fourth-order valence-corrected chi connectivity index (χ4v) is 5.93. The van der Waals surface area contributed by atoms with Crippen LogP contribution in [0.5, 0.6) is 0 Å². The SMILES string of the molecule is C[C@@H]1CCCC[C@H]1NC(=O)[C@H]1CCCN(S(=O)(=O)c2ccc(-n3cnnn3)cc2)C1. The van der Waals surface area contributed by atoms with Gasteiger partial charge in [0.05, 0.1) is 16.5 Å². The number of hydrogen-bond acceptors (Lipinski definition) is 6. The number of hydrogen-bond donors (Lipinski definition) is 1. The minimum absolute atomic E-state index is 0.0114. The molecule has 2 aromatic rings. The van der Waals surface area contributed by atoms with Gasteiger partial charge in [-0.2, -0.15) is 4.31 Å². The quantitative estimate of drug-likeness (QED) is 0.771. The van der Waals surface area contributed by atoms with Crippen LogP contribution in [0.2, 0.25) is 0 Å². The molecule has 2 fully saturated rings. The molecule has 1 saturated carbocycles. The van der Waals surface area contributed by atoms with Gasteiger partial charge in [-0.25, -0.2) is 13.1 Å². The highest BCUT2D eigenvalue weighted by atomic mass is 32.2. The number of benzene rings is 1. The highest BCUT2D eigenvalue weighted by molar-refractivity contribution is 7.89. The second-order valence-electron chi connectivity index (χ2n) is 8.33. The molecule has 0 radical (unpaired) electrons. The molecule has 30 heavy (non-hydrogen) atoms. The van der Waals surface area contributed by atoms with Gasteiger partial charge in [-0.15, -0.1) is 5.10 Å². The Bertz CT molecular complexity index is 961. The van der Waals surface area contributed by atoms with E-state index in [4.69, 9.17) is 0 Å². The van der Waals surface area contributed by atoms with Crippen molar-refractivity contribution in [1.29, 1.82) is 0 Å². The molecule has 162 valence electrons. The lowest BCUT2D eigenvalue weighted by atomic mass is 9.85. The summed E-state index contributed by atoms with van der Waals surface area (Å²) in [4.78, 5) is 13.1. The van der Waals surface area contributed by atoms with E-state index >= 15 is 0 Å². The highest BCUT2D eigenvalue weighted by Crippen LogP contribution is 2.27. The summed E-state index contributed by atoms with van der Waals surface area (Å²) < 4.78 is 29.2. The van der Waals surface area contributed by atoms with Gasteiger partial charge in [-0.3, -0.25) is 4.79 Å². The summed E-state index contributed by atoms with van der Waals surface area (Å²) in [6.07, 6.45) is 7.35. The Morgan fingerprint density at radius 3 is 2.57 bits per heavy atom. The summed E-state index contributed by atoms with van der Waals surface area (Å²) in [5.74, 6) is 0.163. The van der Waals surface area contributed by atoms with E-state index in [0.29, 0.717) is 24.6 Å². The van der Waals surface area contributed by atoms with E-state index in [9.17, 15) is 13.2 Å². The number of carbonyl (C=O) groups is 1. The number of amides is 1. The van der Waals surface area contributed by atoms with Crippen molar-refractivity contribution in [2.45, 2.75) is 56.4 Å². The molecule has 0 unspecified atom stereocenters. The number of nitrogens with zero attached hydrogens (tertiary/aromatic N) is 5. The Morgan fingerprint density at radius 1 is 1.10 bits per heavy atom. The van der Waals surface area contributed by atoms with Gasteiger partial charge in [0.15, 0.2) is 0 Å². The largest absolute Gasteiger partial charge is 0.353 e. The van der Waals surface area contributed by atoms with Crippen LogP contribution in [0.15, 0.2) is 35.5 Å². The van der Waals surface area contributed by atoms with Crippen LogP contribution in [0.4, 0.5) is 0 Å². The van der Waals surface area contributed by atoms with Crippen molar-refractivity contribution in [2.75, 3.05) is 13.1 Å². The molecular weight excluding hydrogens is 404 g/mol. The third-order valence-electron chi connectivity index (χ3n) is 6.28. The zero-order valence-electron chi connectivity index (χ0n) is 17.1. The molecule has 1 N–H and O–H groups in total. The molecule has 10 heteroatoms. The van der Waals surface area contributed by atoms with Gasteiger partial charge in [-0.05, 0) is 66.3 Å². The first kappa shape index (κ1) is 20.9. The van der Waals surface area contributed by atoms with E-state index in [0.717, 1.165) is 25.7 Å². The van der Waals surface area contributed by atoms with Crippen molar-refractivity contribution in [2.24, 2.45) is 11.8 Å². The van der Waals surface area contributed by atoms with Gasteiger partial charge in [0.25, 0.3) is 0 Å². The van der Waals surface area contributed by atoms with Gasteiger partial charge in [0, 0.05) is 19.1 Å². The Morgan fingerprint density at radius 2 is 1.87 bits per heavy atom. The molecule has 1 saturated heterocycles. The van der Waals surface area contributed by atoms with E-state index < -0.39 is 10.0 Å². The lowest BCUT2D eigenvalue weighted by Crippen LogP contribution is -2.49. The average Bonchev–Trinajstić information content (AvgIpc) is 3.30. The van der Waals surface area contributed by atoms with Crippen LogP contribution in [0.25, 0.3) is 5.69 Å². The summed E-state index contributed by atoms with van der Waals surface area (Å²) in [6, 6.07) is 6.65. The van der Waals surface area contributed by atoms with Crippen LogP contribution < -0.4 is 5.32 Å². The maximum Gasteiger partial charge on any atom is 0.243 e. The molecule has 1 aromatic heterocycles. The summed E-state index contributed by atoms with van der Waals surface area (Å²) in [5.41, 5.74) is 0.677. The van der Waals surface area contributed by atoms with Crippen LogP contribution in [-0.4, -0.2) is 58.0 Å². The number of sulfonamides is 1. The third-order valence-corrected chi connectivity index (χ3v) is 8.16. The van der Waals surface area contributed by atoms with Crippen LogP contribution in [0, 0.1) is 11.8 Å². The molecule has 3 atom stereocenters. The van der Waals surface area contributed by atoms with Crippen molar-refractivity contribution < 1.29 is 13.2 Å². The number of rotatable bonds is 5. The number of aromatic nitrogens is 4. The molecule has 2 aliphatic rings. The zero-order valence-corrected chi connectivity index (χ0v) is 18.0. The van der Waals surface area contributed by atoms with Crippen molar-refractivity contribution >= 4 is 15.9 Å². The van der Waals surface area contributed by atoms with E-state index in [1.54, 1.807) is 24.3 Å². The molecular formula is C20H28N6O3S. The van der Waals surface area contributed by atoms with Gasteiger partial charge >= 0.3 is 0 Å². The second-order valence-corrected chi connectivity index (χ2v) is 10.3. The van der Waals surface area contributed by atoms with Crippen LogP contribution in [0.1, 0.15) is 45.4 Å². The molecule has 2 heterocycles. The zero-order chi connectivity index (χ0) is 21.1. The highest BCUT2D eigenvalue weighted by Gasteiger charge is 2.34. The smallest absolute Gasteiger partial charge is 0.243 e. The Hall–Kier alpha value is -2.33. The molecule has 0 spiro atoms. The van der Waals surface area contributed by atoms with Gasteiger partial charge in [0.2, 0.25) is 15.9 Å². The first-order valence-electron chi connectivity index (χ1n) is 10.6. The molecule has 4 rings (SSSR count). The molecule has 1 amide bonds. The first-order valence-corrected chi connectivity index (χ1v) is 12.0. The maximum atomic E-state index is 13.1. The molecule has 1 aliphatic carbocycles. The predicted molar refractivity (Wildman–Crippen MR) is 110 cm³/mol. The van der Waals surface area contributed by atoms with Crippen molar-refractivity contribution in [3.63, 3.8) is 0 Å². The Balaban J connectivity index is 1.43. The first-order chi connectivity index (χ1) is 14.4. The Kier molecular flexibility index (Phi) is 6.14. The number of carbonyl (C=O) groups excluding carboxylic acids is 1. The predicted octanol–water partition coefficient (Wildman–Crippen LogP) is 1.76. The summed E-state index contributed by atoms with van der Waals surface area (Å²) >= 11 is 0. The topological polar surface area (TPSA) is 110 Å². The van der Waals surface area contributed by atoms with Crippen LogP contribution >= 0.6 is 0 Å².